The Hall–Kier alpha value is -1.12. The highest BCUT2D eigenvalue weighted by molar-refractivity contribution is 5.44. The summed E-state index contributed by atoms with van der Waals surface area (Å²) in [5, 5.41) is 21.4. The minimum atomic E-state index is -0.804. The highest BCUT2D eigenvalue weighted by atomic mass is 16.3. The van der Waals surface area contributed by atoms with Gasteiger partial charge in [-0.15, -0.1) is 0 Å². The summed E-state index contributed by atoms with van der Waals surface area (Å²) < 4.78 is 0. The van der Waals surface area contributed by atoms with Crippen LogP contribution in [0.1, 0.15) is 39.5 Å². The Balaban J connectivity index is 2.10. The van der Waals surface area contributed by atoms with Gasteiger partial charge in [0.2, 0.25) is 0 Å². The van der Waals surface area contributed by atoms with Crippen LogP contribution in [-0.2, 0) is 0 Å². The predicted molar refractivity (Wildman–Crippen MR) is 90.2 cm³/mol. The van der Waals surface area contributed by atoms with Crippen molar-refractivity contribution in [2.45, 2.75) is 51.7 Å². The molecular weight excluding hydrogens is 272 g/mol. The molecule has 0 aromatic rings. The van der Waals surface area contributed by atoms with Gasteiger partial charge in [-0.25, -0.2) is 0 Å². The molecular formula is C20H28O2. The van der Waals surface area contributed by atoms with Gasteiger partial charge in [0.15, 0.2) is 0 Å². The number of allylic oxidation sites excluding steroid dienone is 4. The van der Waals surface area contributed by atoms with E-state index in [2.05, 4.69) is 45.2 Å². The summed E-state index contributed by atoms with van der Waals surface area (Å²) in [5.74, 6) is 1.02. The molecule has 0 aromatic heterocycles. The lowest BCUT2D eigenvalue weighted by atomic mass is 9.60. The van der Waals surface area contributed by atoms with Crippen molar-refractivity contribution >= 4 is 0 Å². The second-order valence-corrected chi connectivity index (χ2v) is 7.76. The van der Waals surface area contributed by atoms with Gasteiger partial charge in [-0.2, -0.15) is 0 Å². The van der Waals surface area contributed by atoms with E-state index in [1.54, 1.807) is 0 Å². The molecule has 6 atom stereocenters. The van der Waals surface area contributed by atoms with E-state index in [4.69, 9.17) is 0 Å². The number of aliphatic hydroxyl groups is 2. The molecule has 3 aliphatic carbocycles. The van der Waals surface area contributed by atoms with Crippen molar-refractivity contribution in [3.8, 4) is 0 Å². The smallest absolute Gasteiger partial charge is 0.105 e. The molecule has 2 fully saturated rings. The topological polar surface area (TPSA) is 40.5 Å². The Kier molecular flexibility index (Phi) is 3.94. The van der Waals surface area contributed by atoms with Crippen molar-refractivity contribution in [2.75, 3.05) is 0 Å². The third kappa shape index (κ3) is 2.24. The lowest BCUT2D eigenvalue weighted by Crippen LogP contribution is -2.51. The first-order chi connectivity index (χ1) is 10.4. The zero-order valence-corrected chi connectivity index (χ0v) is 13.8. The lowest BCUT2D eigenvalue weighted by molar-refractivity contribution is -0.0697. The van der Waals surface area contributed by atoms with Crippen molar-refractivity contribution in [2.24, 2.45) is 23.2 Å². The molecule has 2 heteroatoms. The third-order valence-corrected chi connectivity index (χ3v) is 6.23. The first-order valence-corrected chi connectivity index (χ1v) is 8.47. The van der Waals surface area contributed by atoms with Crippen molar-refractivity contribution in [3.63, 3.8) is 0 Å². The van der Waals surface area contributed by atoms with E-state index >= 15 is 0 Å². The molecule has 0 aromatic carbocycles. The van der Waals surface area contributed by atoms with Crippen LogP contribution < -0.4 is 0 Å². The summed E-state index contributed by atoms with van der Waals surface area (Å²) in [4.78, 5) is 0. The molecule has 2 N–H and O–H groups in total. The van der Waals surface area contributed by atoms with Crippen LogP contribution in [0.3, 0.4) is 0 Å². The third-order valence-electron chi connectivity index (χ3n) is 6.23. The number of rotatable bonds is 0. The van der Waals surface area contributed by atoms with Crippen LogP contribution in [0, 0.1) is 23.2 Å². The molecule has 120 valence electrons. The molecule has 0 radical (unpaired) electrons. The Morgan fingerprint density at radius 1 is 1.23 bits per heavy atom. The maximum absolute atomic E-state index is 10.8. The highest BCUT2D eigenvalue weighted by Gasteiger charge is 2.57. The predicted octanol–water partition coefficient (Wildman–Crippen LogP) is 3.78. The van der Waals surface area contributed by atoms with Crippen LogP contribution in [0.2, 0.25) is 0 Å². The molecule has 0 saturated heterocycles. The second-order valence-electron chi connectivity index (χ2n) is 7.76. The Morgan fingerprint density at radius 3 is 2.68 bits per heavy atom. The quantitative estimate of drug-likeness (QED) is 0.715. The monoisotopic (exact) mass is 300 g/mol. The summed E-state index contributed by atoms with van der Waals surface area (Å²) in [6.45, 7) is 12.9. The molecule has 6 unspecified atom stereocenters. The summed E-state index contributed by atoms with van der Waals surface area (Å²) in [7, 11) is 0. The number of hydrogen-bond acceptors (Lipinski definition) is 2. The maximum atomic E-state index is 10.8. The fourth-order valence-electron chi connectivity index (χ4n) is 4.77. The zero-order valence-electron chi connectivity index (χ0n) is 13.8. The number of aliphatic hydroxyl groups excluding tert-OH is 2. The molecule has 2 bridgehead atoms. The van der Waals surface area contributed by atoms with E-state index in [0.29, 0.717) is 11.8 Å². The molecule has 0 spiro atoms. The Labute approximate surface area is 133 Å². The van der Waals surface area contributed by atoms with Gasteiger partial charge in [-0.05, 0) is 54.6 Å². The van der Waals surface area contributed by atoms with Crippen molar-refractivity contribution < 1.29 is 10.2 Å². The van der Waals surface area contributed by atoms with Gasteiger partial charge >= 0.3 is 0 Å². The van der Waals surface area contributed by atoms with Crippen LogP contribution >= 0.6 is 0 Å². The summed E-state index contributed by atoms with van der Waals surface area (Å²) >= 11 is 0. The molecule has 0 aliphatic heterocycles. The first-order valence-electron chi connectivity index (χ1n) is 8.47. The van der Waals surface area contributed by atoms with Gasteiger partial charge < -0.3 is 10.2 Å². The first kappa shape index (κ1) is 15.8. The van der Waals surface area contributed by atoms with Crippen LogP contribution in [0.4, 0.5) is 0 Å². The van der Waals surface area contributed by atoms with Gasteiger partial charge in [0.25, 0.3) is 0 Å². The fraction of sp³-hybridized carbons (Fsp3) is 0.600. The Morgan fingerprint density at radius 2 is 1.95 bits per heavy atom. The standard InChI is InChI=1S/C20H28O2/c1-12-6-5-7-13(2)15-10-11-20(4)17(15)14(3)16(9-8-12)18(21)19(20)22/h5,7,9,12,15,17-19,21-22H,2-3,6,8,10-11H2,1,4H3. The highest BCUT2D eigenvalue weighted by Crippen LogP contribution is 2.59. The van der Waals surface area contributed by atoms with Gasteiger partial charge in [-0.3, -0.25) is 0 Å². The van der Waals surface area contributed by atoms with Crippen molar-refractivity contribution in [3.05, 3.63) is 48.1 Å². The van der Waals surface area contributed by atoms with Crippen LogP contribution in [0.15, 0.2) is 48.1 Å². The van der Waals surface area contributed by atoms with E-state index in [1.165, 1.54) is 0 Å². The van der Waals surface area contributed by atoms with E-state index in [0.717, 1.165) is 42.4 Å². The number of fused-ring (bicyclic) bond motifs is 1. The molecule has 2 saturated carbocycles. The second kappa shape index (κ2) is 5.50. The van der Waals surface area contributed by atoms with Gasteiger partial charge in [0.1, 0.15) is 6.10 Å². The molecule has 0 heterocycles. The average molecular weight is 300 g/mol. The fourth-order valence-corrected chi connectivity index (χ4v) is 4.77. The Bertz CT molecular complexity index is 556. The molecule has 0 amide bonds. The van der Waals surface area contributed by atoms with Gasteiger partial charge in [0, 0.05) is 5.41 Å². The summed E-state index contributed by atoms with van der Waals surface area (Å²) in [6, 6.07) is 0. The summed E-state index contributed by atoms with van der Waals surface area (Å²) in [5.41, 5.74) is 2.73. The zero-order chi connectivity index (χ0) is 16.1. The van der Waals surface area contributed by atoms with E-state index in [-0.39, 0.29) is 11.3 Å². The average Bonchev–Trinajstić information content (AvgIpc) is 2.83. The van der Waals surface area contributed by atoms with Gasteiger partial charge in [-0.1, -0.05) is 50.8 Å². The minimum Gasteiger partial charge on any atom is -0.389 e. The van der Waals surface area contributed by atoms with Gasteiger partial charge in [0.05, 0.1) is 6.10 Å². The largest absolute Gasteiger partial charge is 0.389 e. The van der Waals surface area contributed by atoms with E-state index in [9.17, 15) is 10.2 Å². The normalized spacial score (nSPS) is 45.5. The summed E-state index contributed by atoms with van der Waals surface area (Å²) in [6.07, 6.45) is 8.83. The maximum Gasteiger partial charge on any atom is 0.105 e. The van der Waals surface area contributed by atoms with Crippen molar-refractivity contribution in [1.82, 2.24) is 0 Å². The molecule has 3 rings (SSSR count). The molecule has 22 heavy (non-hydrogen) atoms. The van der Waals surface area contributed by atoms with E-state index in [1.807, 2.05) is 0 Å². The van der Waals surface area contributed by atoms with Crippen LogP contribution in [0.25, 0.3) is 0 Å². The van der Waals surface area contributed by atoms with E-state index < -0.39 is 12.2 Å². The lowest BCUT2D eigenvalue weighted by Gasteiger charge is -2.47. The van der Waals surface area contributed by atoms with Crippen LogP contribution in [-0.4, -0.2) is 22.4 Å². The van der Waals surface area contributed by atoms with Crippen molar-refractivity contribution in [1.29, 1.82) is 0 Å². The number of hydrogen-bond donors (Lipinski definition) is 2. The van der Waals surface area contributed by atoms with Crippen LogP contribution in [0.5, 0.6) is 0 Å². The molecule has 2 nitrogen and oxygen atoms in total. The molecule has 3 aliphatic rings. The SMILES string of the molecule is C=C1C=CCC(C)CC=C2C(=C)C3C1CCC3(C)C(O)C2O. The minimum absolute atomic E-state index is 0.183.